The fourth-order valence-electron chi connectivity index (χ4n) is 2.45. The van der Waals surface area contributed by atoms with Gasteiger partial charge < -0.3 is 9.73 Å². The zero-order valence-electron chi connectivity index (χ0n) is 13.1. The maximum Gasteiger partial charge on any atom is 0.201 e. The summed E-state index contributed by atoms with van der Waals surface area (Å²) in [6.45, 7) is 9.84. The lowest BCUT2D eigenvalue weighted by atomic mass is 9.99. The summed E-state index contributed by atoms with van der Waals surface area (Å²) in [7, 11) is 0. The molecule has 1 heterocycles. The lowest BCUT2D eigenvalue weighted by molar-refractivity contribution is 0.454. The third kappa shape index (κ3) is 3.62. The number of rotatable bonds is 6. The van der Waals surface area contributed by atoms with E-state index >= 15 is 0 Å². The van der Waals surface area contributed by atoms with Crippen molar-refractivity contribution in [3.8, 4) is 0 Å². The number of hydrogen-bond acceptors (Lipinski definition) is 2. The van der Waals surface area contributed by atoms with E-state index in [-0.39, 0.29) is 5.58 Å². The first-order valence-corrected chi connectivity index (χ1v) is 7.49. The summed E-state index contributed by atoms with van der Waals surface area (Å²) < 4.78 is 32.9. The van der Waals surface area contributed by atoms with Crippen LogP contribution in [0.3, 0.4) is 0 Å². The minimum Gasteiger partial charge on any atom is -0.456 e. The number of hydrogen-bond donors (Lipinski definition) is 1. The summed E-state index contributed by atoms with van der Waals surface area (Å²) in [5, 5.41) is 3.98. The molecule has 0 amide bonds. The van der Waals surface area contributed by atoms with Crippen LogP contribution in [-0.2, 0) is 13.0 Å². The van der Waals surface area contributed by atoms with Crippen LogP contribution in [0.2, 0.25) is 0 Å². The molecule has 1 aromatic heterocycles. The fourth-order valence-corrected chi connectivity index (χ4v) is 2.45. The molecular weight excluding hydrogens is 272 g/mol. The van der Waals surface area contributed by atoms with E-state index in [1.165, 1.54) is 6.07 Å². The highest BCUT2D eigenvalue weighted by Gasteiger charge is 2.19. The molecule has 0 fully saturated rings. The Morgan fingerprint density at radius 3 is 2.43 bits per heavy atom. The summed E-state index contributed by atoms with van der Waals surface area (Å²) in [5.74, 6) is -0.106. The lowest BCUT2D eigenvalue weighted by Gasteiger charge is -2.09. The van der Waals surface area contributed by atoms with Gasteiger partial charge in [0.05, 0.1) is 6.54 Å². The lowest BCUT2D eigenvalue weighted by Crippen LogP contribution is -2.19. The maximum atomic E-state index is 13.9. The van der Waals surface area contributed by atoms with Crippen LogP contribution in [0.15, 0.2) is 16.5 Å². The topological polar surface area (TPSA) is 25.2 Å². The van der Waals surface area contributed by atoms with Gasteiger partial charge >= 0.3 is 0 Å². The Balaban J connectivity index is 2.39. The Labute approximate surface area is 124 Å². The molecule has 2 nitrogen and oxygen atoms in total. The molecule has 2 aromatic rings. The summed E-state index contributed by atoms with van der Waals surface area (Å²) in [5.41, 5.74) is 1.02. The van der Waals surface area contributed by atoms with Gasteiger partial charge in [-0.05, 0) is 36.9 Å². The van der Waals surface area contributed by atoms with Gasteiger partial charge in [-0.3, -0.25) is 0 Å². The first kappa shape index (κ1) is 16.0. The number of nitrogens with one attached hydrogen (secondary N) is 1. The second-order valence-electron chi connectivity index (χ2n) is 6.36. The van der Waals surface area contributed by atoms with E-state index in [0.29, 0.717) is 29.5 Å². The van der Waals surface area contributed by atoms with Crippen molar-refractivity contribution in [1.29, 1.82) is 0 Å². The van der Waals surface area contributed by atoms with Crippen LogP contribution in [0.5, 0.6) is 0 Å². The standard InChI is InChI=1S/C17H23F2NO/c1-10(2)7-13-12-5-6-14(18)16(19)17(12)21-15(13)9-20-8-11(3)4/h5-6,10-11,20H,7-9H2,1-4H3. The molecule has 0 atom stereocenters. The largest absolute Gasteiger partial charge is 0.456 e. The molecule has 0 radical (unpaired) electrons. The van der Waals surface area contributed by atoms with E-state index in [4.69, 9.17) is 4.42 Å². The first-order chi connectivity index (χ1) is 9.90. The molecule has 0 saturated heterocycles. The second kappa shape index (κ2) is 6.56. The van der Waals surface area contributed by atoms with Crippen molar-refractivity contribution in [2.75, 3.05) is 6.54 Å². The molecule has 2 rings (SSSR count). The van der Waals surface area contributed by atoms with Crippen LogP contribution >= 0.6 is 0 Å². The van der Waals surface area contributed by atoms with Gasteiger partial charge in [-0.2, -0.15) is 4.39 Å². The van der Waals surface area contributed by atoms with E-state index in [1.807, 2.05) is 0 Å². The summed E-state index contributed by atoms with van der Waals surface area (Å²) in [6, 6.07) is 2.78. The van der Waals surface area contributed by atoms with Crippen molar-refractivity contribution in [3.05, 3.63) is 35.1 Å². The van der Waals surface area contributed by atoms with Gasteiger partial charge in [0, 0.05) is 10.9 Å². The predicted octanol–water partition coefficient (Wildman–Crippen LogP) is 4.66. The second-order valence-corrected chi connectivity index (χ2v) is 6.36. The third-order valence-electron chi connectivity index (χ3n) is 3.39. The number of halogens is 2. The highest BCUT2D eigenvalue weighted by molar-refractivity contribution is 5.83. The molecule has 4 heteroatoms. The number of benzene rings is 1. The Morgan fingerprint density at radius 1 is 1.10 bits per heavy atom. The van der Waals surface area contributed by atoms with E-state index in [9.17, 15) is 8.78 Å². The van der Waals surface area contributed by atoms with Gasteiger partial charge in [0.25, 0.3) is 0 Å². The van der Waals surface area contributed by atoms with Gasteiger partial charge in [-0.15, -0.1) is 0 Å². The highest BCUT2D eigenvalue weighted by atomic mass is 19.2. The van der Waals surface area contributed by atoms with Gasteiger partial charge in [0.2, 0.25) is 5.82 Å². The fraction of sp³-hybridized carbons (Fsp3) is 0.529. The average Bonchev–Trinajstić information content (AvgIpc) is 2.72. The quantitative estimate of drug-likeness (QED) is 0.838. The summed E-state index contributed by atoms with van der Waals surface area (Å²) >= 11 is 0. The van der Waals surface area contributed by atoms with Crippen LogP contribution in [0.25, 0.3) is 11.0 Å². The van der Waals surface area contributed by atoms with Crippen LogP contribution in [0.1, 0.15) is 39.0 Å². The Kier molecular flexibility index (Phi) is 4.99. The number of furan rings is 1. The average molecular weight is 295 g/mol. The van der Waals surface area contributed by atoms with Gasteiger partial charge in [-0.25, -0.2) is 4.39 Å². The molecule has 0 saturated carbocycles. The number of fused-ring (bicyclic) bond motifs is 1. The normalized spacial score (nSPS) is 12.0. The minimum absolute atomic E-state index is 0.0343. The van der Waals surface area contributed by atoms with Gasteiger partial charge in [0.15, 0.2) is 11.4 Å². The molecule has 0 spiro atoms. The molecular formula is C17H23F2NO. The van der Waals surface area contributed by atoms with E-state index in [1.54, 1.807) is 6.07 Å². The molecule has 1 N–H and O–H groups in total. The van der Waals surface area contributed by atoms with Crippen molar-refractivity contribution in [3.63, 3.8) is 0 Å². The molecule has 0 aliphatic carbocycles. The maximum absolute atomic E-state index is 13.9. The monoisotopic (exact) mass is 295 g/mol. The Bertz CT molecular complexity index is 617. The molecule has 0 aliphatic heterocycles. The van der Waals surface area contributed by atoms with Gasteiger partial charge in [-0.1, -0.05) is 27.7 Å². The Morgan fingerprint density at radius 2 is 1.81 bits per heavy atom. The smallest absolute Gasteiger partial charge is 0.201 e. The van der Waals surface area contributed by atoms with Crippen LogP contribution in [0.4, 0.5) is 8.78 Å². The van der Waals surface area contributed by atoms with Crippen LogP contribution < -0.4 is 5.32 Å². The Hall–Kier alpha value is -1.42. The van der Waals surface area contributed by atoms with Gasteiger partial charge in [0.1, 0.15) is 5.76 Å². The van der Waals surface area contributed by atoms with E-state index in [2.05, 4.69) is 33.0 Å². The SMILES string of the molecule is CC(C)CNCc1oc2c(F)c(F)ccc2c1CC(C)C. The zero-order valence-corrected chi connectivity index (χ0v) is 13.1. The van der Waals surface area contributed by atoms with Crippen molar-refractivity contribution in [1.82, 2.24) is 5.32 Å². The minimum atomic E-state index is -0.896. The van der Waals surface area contributed by atoms with Crippen molar-refractivity contribution < 1.29 is 13.2 Å². The summed E-state index contributed by atoms with van der Waals surface area (Å²) in [6.07, 6.45) is 0.788. The molecule has 21 heavy (non-hydrogen) atoms. The zero-order chi connectivity index (χ0) is 15.6. The molecule has 1 aromatic carbocycles. The van der Waals surface area contributed by atoms with E-state index in [0.717, 1.165) is 18.5 Å². The van der Waals surface area contributed by atoms with Crippen molar-refractivity contribution in [2.24, 2.45) is 11.8 Å². The van der Waals surface area contributed by atoms with Crippen LogP contribution in [0, 0.1) is 23.5 Å². The van der Waals surface area contributed by atoms with Crippen molar-refractivity contribution >= 4 is 11.0 Å². The van der Waals surface area contributed by atoms with E-state index < -0.39 is 11.6 Å². The third-order valence-corrected chi connectivity index (χ3v) is 3.39. The predicted molar refractivity (Wildman–Crippen MR) is 81.2 cm³/mol. The molecule has 0 unspecified atom stereocenters. The molecule has 0 bridgehead atoms. The molecule has 0 aliphatic rings. The van der Waals surface area contributed by atoms with Crippen LogP contribution in [-0.4, -0.2) is 6.54 Å². The first-order valence-electron chi connectivity index (χ1n) is 7.49. The highest BCUT2D eigenvalue weighted by Crippen LogP contribution is 2.31. The summed E-state index contributed by atoms with van der Waals surface area (Å²) in [4.78, 5) is 0. The molecule has 116 valence electrons. The van der Waals surface area contributed by atoms with Crippen molar-refractivity contribution in [2.45, 2.75) is 40.7 Å².